The largest absolute Gasteiger partial charge is 0.417 e. The number of aromatic nitrogens is 2. The summed E-state index contributed by atoms with van der Waals surface area (Å²) in [6.07, 6.45) is -25.6. The van der Waals surface area contributed by atoms with Crippen LogP contribution in [-0.2, 0) is 30.9 Å². The van der Waals surface area contributed by atoms with Crippen molar-refractivity contribution in [3.63, 3.8) is 0 Å². The summed E-state index contributed by atoms with van der Waals surface area (Å²) in [6, 6.07) is 39.7. The Balaban J connectivity index is 1.20. The molecular weight excluding hydrogens is 1070 g/mol. The summed E-state index contributed by atoms with van der Waals surface area (Å²) < 4.78 is 218. The molecule has 2 heterocycles. The number of nitriles is 2. The molecule has 0 fully saturated rings. The smallest absolute Gasteiger partial charge is 0.309 e. The Morgan fingerprint density at radius 3 is 1.12 bits per heavy atom. The molecule has 0 aliphatic rings. The van der Waals surface area contributed by atoms with Gasteiger partial charge in [0, 0.05) is 32.7 Å². The van der Waals surface area contributed by atoms with Crippen LogP contribution in [0.25, 0.3) is 99.5 Å². The molecule has 0 N–H and O–H groups in total. The molecule has 2 aromatic heterocycles. The fourth-order valence-corrected chi connectivity index (χ4v) is 10.4. The van der Waals surface area contributed by atoms with E-state index in [1.807, 2.05) is 0 Å². The molecular formula is C61H29F15N4. The van der Waals surface area contributed by atoms with Gasteiger partial charge >= 0.3 is 30.9 Å². The molecule has 0 aliphatic carbocycles. The van der Waals surface area contributed by atoms with Gasteiger partial charge in [-0.25, -0.2) is 0 Å². The molecule has 11 aromatic rings. The predicted octanol–water partition coefficient (Wildman–Crippen LogP) is 19.4. The second kappa shape index (κ2) is 18.6. The third kappa shape index (κ3) is 9.07. The van der Waals surface area contributed by atoms with Gasteiger partial charge in [-0.15, -0.1) is 0 Å². The molecule has 0 atom stereocenters. The number of alkyl halides is 15. The highest BCUT2D eigenvalue weighted by molar-refractivity contribution is 6.13. The maximum Gasteiger partial charge on any atom is 0.417 e. The Labute approximate surface area is 441 Å². The summed E-state index contributed by atoms with van der Waals surface area (Å²) in [5.41, 5.74) is -6.91. The first-order valence-corrected chi connectivity index (χ1v) is 23.7. The number of fused-ring (bicyclic) bond motifs is 6. The molecule has 398 valence electrons. The van der Waals surface area contributed by atoms with Crippen molar-refractivity contribution >= 4 is 43.6 Å². The van der Waals surface area contributed by atoms with Gasteiger partial charge in [-0.3, -0.25) is 0 Å². The summed E-state index contributed by atoms with van der Waals surface area (Å²) in [7, 11) is 0. The zero-order valence-corrected chi connectivity index (χ0v) is 40.2. The monoisotopic (exact) mass is 1100 g/mol. The fourth-order valence-electron chi connectivity index (χ4n) is 10.4. The van der Waals surface area contributed by atoms with E-state index in [0.717, 1.165) is 18.2 Å². The topological polar surface area (TPSA) is 57.4 Å². The van der Waals surface area contributed by atoms with Gasteiger partial charge in [0.15, 0.2) is 0 Å². The van der Waals surface area contributed by atoms with Crippen LogP contribution in [0.3, 0.4) is 0 Å². The molecule has 0 saturated heterocycles. The maximum atomic E-state index is 15.0. The standard InChI is InChI=1S/C61H29F15N4/c62-57(63,64)37-14-18-40(49(28-37)60(71,72)73)34-12-21-54-46(25-34)42-5-1-3-7-51(42)79(54)53-20-10-32(30-77)23-45(53)44-17-11-36(39-16-9-33(31-78)24-48(39)59(68,69)70)27-56(44)80-52-8-4-2-6-43(52)47-26-35(13-22-55(47)80)41-19-15-38(58(65,66)67)29-50(41)61(74,75)76/h1-29H. The summed E-state index contributed by atoms with van der Waals surface area (Å²) in [6.45, 7) is 0. The van der Waals surface area contributed by atoms with Crippen molar-refractivity contribution in [1.82, 2.24) is 9.13 Å². The van der Waals surface area contributed by atoms with Crippen LogP contribution in [0.4, 0.5) is 65.9 Å². The highest BCUT2D eigenvalue weighted by Gasteiger charge is 2.41. The molecule has 0 bridgehead atoms. The molecule has 4 nitrogen and oxygen atoms in total. The van der Waals surface area contributed by atoms with E-state index in [1.165, 1.54) is 72.8 Å². The normalized spacial score (nSPS) is 12.7. The van der Waals surface area contributed by atoms with Gasteiger partial charge in [0.05, 0.1) is 84.5 Å². The van der Waals surface area contributed by atoms with Crippen LogP contribution in [-0.4, -0.2) is 9.13 Å². The van der Waals surface area contributed by atoms with E-state index in [0.29, 0.717) is 56.6 Å². The minimum Gasteiger partial charge on any atom is -0.309 e. The van der Waals surface area contributed by atoms with Gasteiger partial charge in [-0.1, -0.05) is 78.9 Å². The lowest BCUT2D eigenvalue weighted by Gasteiger charge is -2.21. The average Bonchev–Trinajstić information content (AvgIpc) is 3.94. The molecule has 11 rings (SSSR count). The molecule has 19 heteroatoms. The van der Waals surface area contributed by atoms with E-state index in [2.05, 4.69) is 6.07 Å². The summed E-state index contributed by atoms with van der Waals surface area (Å²) in [5, 5.41) is 21.5. The van der Waals surface area contributed by atoms with Gasteiger partial charge < -0.3 is 9.13 Å². The number of rotatable bonds is 6. The van der Waals surface area contributed by atoms with Gasteiger partial charge in [-0.2, -0.15) is 76.4 Å². The molecule has 0 aliphatic heterocycles. The SMILES string of the molecule is N#Cc1ccc(-n2c3ccccc3c3cc(-c4ccc(C(F)(F)F)cc4C(F)(F)F)ccc32)c(-c2ccc(-c3ccc(C#N)cc3C(F)(F)F)cc2-n2c3ccccc3c3cc(-c4ccc(C(F)(F)F)cc4C(F)(F)F)ccc32)c1. The number of hydrogen-bond donors (Lipinski definition) is 0. The van der Waals surface area contributed by atoms with Crippen molar-refractivity contribution in [2.75, 3.05) is 0 Å². The maximum absolute atomic E-state index is 15.0. The molecule has 80 heavy (non-hydrogen) atoms. The van der Waals surface area contributed by atoms with E-state index in [-0.39, 0.29) is 73.2 Å². The third-order valence-electron chi connectivity index (χ3n) is 13.9. The third-order valence-corrected chi connectivity index (χ3v) is 13.9. The Kier molecular flexibility index (Phi) is 12.2. The van der Waals surface area contributed by atoms with E-state index in [1.54, 1.807) is 69.8 Å². The first-order chi connectivity index (χ1) is 37.7. The highest BCUT2D eigenvalue weighted by atomic mass is 19.4. The van der Waals surface area contributed by atoms with Gasteiger partial charge in [0.25, 0.3) is 0 Å². The lowest BCUT2D eigenvalue weighted by atomic mass is 9.92. The quantitative estimate of drug-likeness (QED) is 0.156. The molecule has 9 aromatic carbocycles. The molecule has 0 radical (unpaired) electrons. The zero-order valence-electron chi connectivity index (χ0n) is 40.2. The number of hydrogen-bond acceptors (Lipinski definition) is 2. The Morgan fingerprint density at radius 1 is 0.287 bits per heavy atom. The van der Waals surface area contributed by atoms with Crippen LogP contribution in [0.15, 0.2) is 176 Å². The molecule has 0 unspecified atom stereocenters. The van der Waals surface area contributed by atoms with Crippen LogP contribution in [0.2, 0.25) is 0 Å². The first kappa shape index (κ1) is 52.6. The van der Waals surface area contributed by atoms with E-state index < -0.39 is 69.8 Å². The number of para-hydroxylation sites is 2. The van der Waals surface area contributed by atoms with Crippen LogP contribution >= 0.6 is 0 Å². The van der Waals surface area contributed by atoms with Crippen molar-refractivity contribution in [3.05, 3.63) is 215 Å². The van der Waals surface area contributed by atoms with Gasteiger partial charge in [0.1, 0.15) is 0 Å². The minimum absolute atomic E-state index is 0.0188. The lowest BCUT2D eigenvalue weighted by Crippen LogP contribution is -2.12. The number of benzene rings is 9. The van der Waals surface area contributed by atoms with Crippen molar-refractivity contribution in [1.29, 1.82) is 10.5 Å². The van der Waals surface area contributed by atoms with Crippen LogP contribution < -0.4 is 0 Å². The molecule has 0 spiro atoms. The number of nitrogens with zero attached hydrogens (tertiary/aromatic N) is 4. The average molecular weight is 1100 g/mol. The van der Waals surface area contributed by atoms with Gasteiger partial charge in [-0.05, 0) is 130 Å². The van der Waals surface area contributed by atoms with Crippen LogP contribution in [0.5, 0.6) is 0 Å². The predicted molar refractivity (Wildman–Crippen MR) is 271 cm³/mol. The summed E-state index contributed by atoms with van der Waals surface area (Å²) in [4.78, 5) is 0. The summed E-state index contributed by atoms with van der Waals surface area (Å²) >= 11 is 0. The summed E-state index contributed by atoms with van der Waals surface area (Å²) in [5.74, 6) is 0. The van der Waals surface area contributed by atoms with E-state index >= 15 is 0 Å². The Hall–Kier alpha value is -9.49. The van der Waals surface area contributed by atoms with Crippen molar-refractivity contribution in [2.45, 2.75) is 30.9 Å². The lowest BCUT2D eigenvalue weighted by molar-refractivity contribution is -0.144. The molecule has 0 saturated carbocycles. The van der Waals surface area contributed by atoms with Gasteiger partial charge in [0.2, 0.25) is 0 Å². The van der Waals surface area contributed by atoms with Crippen molar-refractivity contribution in [2.24, 2.45) is 0 Å². The first-order valence-electron chi connectivity index (χ1n) is 23.7. The van der Waals surface area contributed by atoms with E-state index in [9.17, 15) is 76.4 Å². The fraction of sp³-hybridized carbons (Fsp3) is 0.0820. The van der Waals surface area contributed by atoms with Crippen LogP contribution in [0.1, 0.15) is 38.9 Å². The second-order valence-corrected chi connectivity index (χ2v) is 18.6. The second-order valence-electron chi connectivity index (χ2n) is 18.6. The van der Waals surface area contributed by atoms with Crippen molar-refractivity contribution < 1.29 is 65.9 Å². The minimum atomic E-state index is -5.24. The Morgan fingerprint density at radius 2 is 0.662 bits per heavy atom. The molecule has 0 amide bonds. The van der Waals surface area contributed by atoms with Crippen LogP contribution in [0, 0.1) is 22.7 Å². The Bertz CT molecular complexity index is 4440. The highest BCUT2D eigenvalue weighted by Crippen LogP contribution is 2.48. The number of halogens is 15. The van der Waals surface area contributed by atoms with Crippen molar-refractivity contribution in [3.8, 4) is 68.0 Å². The van der Waals surface area contributed by atoms with E-state index in [4.69, 9.17) is 0 Å². The zero-order chi connectivity index (χ0) is 57.0.